The maximum atomic E-state index is 12.1. The minimum absolute atomic E-state index is 0.0865. The molecule has 0 atom stereocenters. The van der Waals surface area contributed by atoms with Crippen LogP contribution in [-0.4, -0.2) is 43.3 Å². The van der Waals surface area contributed by atoms with E-state index in [4.69, 9.17) is 0 Å². The summed E-state index contributed by atoms with van der Waals surface area (Å²) >= 11 is 0. The molecule has 0 unspecified atom stereocenters. The number of carbonyl (C=O) groups is 1. The fourth-order valence-electron chi connectivity index (χ4n) is 2.20. The number of rotatable bonds is 4. The van der Waals surface area contributed by atoms with Crippen LogP contribution in [0.2, 0.25) is 0 Å². The van der Waals surface area contributed by atoms with E-state index in [0.717, 1.165) is 0 Å². The highest BCUT2D eigenvalue weighted by atomic mass is 32.2. The summed E-state index contributed by atoms with van der Waals surface area (Å²) in [6, 6.07) is 8.96. The second kappa shape index (κ2) is 5.33. The molecule has 0 saturated carbocycles. The lowest BCUT2D eigenvalue weighted by molar-refractivity contribution is 0.0659. The average molecular weight is 281 g/mol. The zero-order valence-electron chi connectivity index (χ0n) is 11.2. The van der Waals surface area contributed by atoms with Crippen molar-refractivity contribution in [1.82, 2.24) is 4.90 Å². The summed E-state index contributed by atoms with van der Waals surface area (Å²) in [5.74, 6) is 0.242. The minimum atomic E-state index is -3.07. The van der Waals surface area contributed by atoms with Gasteiger partial charge >= 0.3 is 0 Å². The van der Waals surface area contributed by atoms with E-state index < -0.39 is 9.84 Å². The van der Waals surface area contributed by atoms with E-state index in [1.54, 1.807) is 29.2 Å². The fourth-order valence-corrected chi connectivity index (χ4v) is 4.21. The maximum Gasteiger partial charge on any atom is 0.253 e. The van der Waals surface area contributed by atoms with E-state index in [-0.39, 0.29) is 22.8 Å². The van der Waals surface area contributed by atoms with Crippen LogP contribution in [0.25, 0.3) is 0 Å². The van der Waals surface area contributed by atoms with Crippen molar-refractivity contribution >= 4 is 15.7 Å². The summed E-state index contributed by atoms with van der Waals surface area (Å²) in [6.07, 6.45) is 0. The van der Waals surface area contributed by atoms with Crippen molar-refractivity contribution in [1.29, 1.82) is 0 Å². The lowest BCUT2D eigenvalue weighted by Gasteiger charge is -2.39. The van der Waals surface area contributed by atoms with Crippen LogP contribution in [0.3, 0.4) is 0 Å². The van der Waals surface area contributed by atoms with Gasteiger partial charge in [0.05, 0.1) is 11.0 Å². The Morgan fingerprint density at radius 1 is 1.26 bits per heavy atom. The van der Waals surface area contributed by atoms with Gasteiger partial charge in [0.1, 0.15) is 0 Å². The van der Waals surface area contributed by atoms with Crippen LogP contribution in [0.15, 0.2) is 30.3 Å². The lowest BCUT2D eigenvalue weighted by Crippen LogP contribution is -2.57. The Kier molecular flexibility index (Phi) is 3.94. The van der Waals surface area contributed by atoms with Crippen molar-refractivity contribution in [3.63, 3.8) is 0 Å². The van der Waals surface area contributed by atoms with Crippen LogP contribution in [0, 0.1) is 5.92 Å². The average Bonchev–Trinajstić information content (AvgIpc) is 2.25. The van der Waals surface area contributed by atoms with E-state index >= 15 is 0 Å². The molecule has 19 heavy (non-hydrogen) atoms. The first-order chi connectivity index (χ1) is 8.90. The summed E-state index contributed by atoms with van der Waals surface area (Å²) in [5, 5.41) is -0.387. The molecule has 0 spiro atoms. The normalized spacial score (nSPS) is 16.5. The monoisotopic (exact) mass is 281 g/mol. The molecular formula is C14H19NO3S. The Morgan fingerprint density at radius 3 is 2.37 bits per heavy atom. The Balaban J connectivity index is 1.95. The molecule has 0 N–H and O–H groups in total. The molecule has 1 saturated heterocycles. The molecule has 1 aliphatic heterocycles. The van der Waals surface area contributed by atoms with Gasteiger partial charge in [-0.15, -0.1) is 0 Å². The van der Waals surface area contributed by atoms with E-state index in [0.29, 0.717) is 18.7 Å². The van der Waals surface area contributed by atoms with Crippen molar-refractivity contribution in [3.8, 4) is 0 Å². The number of amides is 1. The number of sulfone groups is 1. The lowest BCUT2D eigenvalue weighted by atomic mass is 10.1. The van der Waals surface area contributed by atoms with Gasteiger partial charge in [0.25, 0.3) is 5.91 Å². The highest BCUT2D eigenvalue weighted by Crippen LogP contribution is 2.21. The second-order valence-corrected chi connectivity index (χ2v) is 7.75. The Hall–Kier alpha value is -1.36. The molecule has 1 heterocycles. The van der Waals surface area contributed by atoms with E-state index in [2.05, 4.69) is 0 Å². The number of benzene rings is 1. The van der Waals surface area contributed by atoms with Crippen LogP contribution in [-0.2, 0) is 9.84 Å². The third-order valence-electron chi connectivity index (χ3n) is 3.23. The molecule has 2 rings (SSSR count). The van der Waals surface area contributed by atoms with Crippen LogP contribution in [0.1, 0.15) is 24.2 Å². The number of hydrogen-bond acceptors (Lipinski definition) is 3. The predicted molar refractivity (Wildman–Crippen MR) is 74.8 cm³/mol. The van der Waals surface area contributed by atoms with Gasteiger partial charge in [0, 0.05) is 18.7 Å². The minimum Gasteiger partial charge on any atom is -0.336 e. The molecule has 1 aromatic carbocycles. The molecule has 1 aliphatic rings. The summed E-state index contributed by atoms with van der Waals surface area (Å²) in [5.41, 5.74) is 0.613. The second-order valence-electron chi connectivity index (χ2n) is 5.42. The van der Waals surface area contributed by atoms with Gasteiger partial charge < -0.3 is 4.90 Å². The molecule has 5 heteroatoms. The zero-order chi connectivity index (χ0) is 14.0. The van der Waals surface area contributed by atoms with Crippen molar-refractivity contribution in [2.75, 3.05) is 18.8 Å². The summed E-state index contributed by atoms with van der Waals surface area (Å²) in [4.78, 5) is 13.6. The first-order valence-corrected chi connectivity index (χ1v) is 8.17. The molecule has 104 valence electrons. The van der Waals surface area contributed by atoms with Crippen molar-refractivity contribution in [2.24, 2.45) is 5.92 Å². The van der Waals surface area contributed by atoms with Gasteiger partial charge in [-0.1, -0.05) is 32.0 Å². The molecule has 0 aromatic heterocycles. The standard InChI is InChI=1S/C14H19NO3S/c1-11(2)10-19(17,18)13-8-15(9-13)14(16)12-6-4-3-5-7-12/h3-7,11,13H,8-10H2,1-2H3. The Morgan fingerprint density at radius 2 is 1.84 bits per heavy atom. The highest BCUT2D eigenvalue weighted by Gasteiger charge is 2.39. The topological polar surface area (TPSA) is 54.5 Å². The maximum absolute atomic E-state index is 12.1. The van der Waals surface area contributed by atoms with Crippen LogP contribution in [0.5, 0.6) is 0 Å². The molecule has 1 fully saturated rings. The number of nitrogens with zero attached hydrogens (tertiary/aromatic N) is 1. The number of carbonyl (C=O) groups excluding carboxylic acids is 1. The van der Waals surface area contributed by atoms with E-state index in [1.807, 2.05) is 19.9 Å². The first-order valence-electron chi connectivity index (χ1n) is 6.46. The molecule has 0 bridgehead atoms. The molecule has 0 radical (unpaired) electrons. The van der Waals surface area contributed by atoms with E-state index in [1.165, 1.54) is 0 Å². The van der Waals surface area contributed by atoms with E-state index in [9.17, 15) is 13.2 Å². The summed E-state index contributed by atoms with van der Waals surface area (Å²) < 4.78 is 24.0. The molecule has 1 aromatic rings. The van der Waals surface area contributed by atoms with Gasteiger partial charge in [-0.05, 0) is 18.1 Å². The first kappa shape index (κ1) is 14.1. The Bertz CT molecular complexity index is 545. The smallest absolute Gasteiger partial charge is 0.253 e. The number of hydrogen-bond donors (Lipinski definition) is 0. The van der Waals surface area contributed by atoms with Gasteiger partial charge in [-0.3, -0.25) is 4.79 Å². The van der Waals surface area contributed by atoms with Gasteiger partial charge in [-0.2, -0.15) is 0 Å². The van der Waals surface area contributed by atoms with Crippen molar-refractivity contribution in [3.05, 3.63) is 35.9 Å². The zero-order valence-corrected chi connectivity index (χ0v) is 12.1. The quantitative estimate of drug-likeness (QED) is 0.842. The summed E-state index contributed by atoms with van der Waals surface area (Å²) in [7, 11) is -3.07. The van der Waals surface area contributed by atoms with Crippen LogP contribution in [0.4, 0.5) is 0 Å². The molecule has 0 aliphatic carbocycles. The molecule has 1 amide bonds. The summed E-state index contributed by atoms with van der Waals surface area (Å²) in [6.45, 7) is 4.43. The third kappa shape index (κ3) is 3.15. The van der Waals surface area contributed by atoms with Gasteiger partial charge in [-0.25, -0.2) is 8.42 Å². The highest BCUT2D eigenvalue weighted by molar-refractivity contribution is 7.92. The molecular weight excluding hydrogens is 262 g/mol. The van der Waals surface area contributed by atoms with Gasteiger partial charge in [0.15, 0.2) is 9.84 Å². The predicted octanol–water partition coefficient (Wildman–Crippen LogP) is 1.58. The van der Waals surface area contributed by atoms with Gasteiger partial charge in [0.2, 0.25) is 0 Å². The number of likely N-dealkylation sites (tertiary alicyclic amines) is 1. The Labute approximate surface area is 114 Å². The molecule has 4 nitrogen and oxygen atoms in total. The SMILES string of the molecule is CC(C)CS(=O)(=O)C1CN(C(=O)c2ccccc2)C1. The van der Waals surface area contributed by atoms with Crippen molar-refractivity contribution < 1.29 is 13.2 Å². The fraction of sp³-hybridized carbons (Fsp3) is 0.500. The van der Waals surface area contributed by atoms with Crippen LogP contribution >= 0.6 is 0 Å². The largest absolute Gasteiger partial charge is 0.336 e. The third-order valence-corrected chi connectivity index (χ3v) is 5.67. The van der Waals surface area contributed by atoms with Crippen molar-refractivity contribution in [2.45, 2.75) is 19.1 Å². The van der Waals surface area contributed by atoms with Crippen LogP contribution < -0.4 is 0 Å².